The number of rotatable bonds is 4. The molecule has 0 aromatic heterocycles. The van der Waals surface area contributed by atoms with Crippen LogP contribution < -0.4 is 4.90 Å². The number of carbonyl (C=O) groups is 1. The molecular weight excluding hydrogens is 381 g/mol. The summed E-state index contributed by atoms with van der Waals surface area (Å²) in [5, 5.41) is 0. The van der Waals surface area contributed by atoms with Gasteiger partial charge in [-0.15, -0.1) is 0 Å². The SMILES string of the molecule is O=C(CN1CCN(c2ccccc2C(F)(F)F)CC1)N1CCN(C2CCC2)CC1. The zero-order valence-corrected chi connectivity index (χ0v) is 16.7. The molecule has 0 bridgehead atoms. The topological polar surface area (TPSA) is 30.0 Å². The van der Waals surface area contributed by atoms with Gasteiger partial charge in [-0.1, -0.05) is 18.6 Å². The average molecular weight is 410 g/mol. The molecule has 29 heavy (non-hydrogen) atoms. The van der Waals surface area contributed by atoms with Gasteiger partial charge in [-0.25, -0.2) is 0 Å². The van der Waals surface area contributed by atoms with Gasteiger partial charge < -0.3 is 9.80 Å². The van der Waals surface area contributed by atoms with Crippen LogP contribution in [0.2, 0.25) is 0 Å². The maximum atomic E-state index is 13.3. The summed E-state index contributed by atoms with van der Waals surface area (Å²) in [7, 11) is 0. The number of para-hydroxylation sites is 1. The molecule has 1 saturated carbocycles. The van der Waals surface area contributed by atoms with Crippen molar-refractivity contribution >= 4 is 11.6 Å². The monoisotopic (exact) mass is 410 g/mol. The summed E-state index contributed by atoms with van der Waals surface area (Å²) < 4.78 is 39.8. The van der Waals surface area contributed by atoms with Crippen LogP contribution in [0.25, 0.3) is 0 Å². The summed E-state index contributed by atoms with van der Waals surface area (Å²) >= 11 is 0. The average Bonchev–Trinajstić information content (AvgIpc) is 2.67. The van der Waals surface area contributed by atoms with Crippen LogP contribution >= 0.6 is 0 Å². The lowest BCUT2D eigenvalue weighted by molar-refractivity contribution is -0.137. The van der Waals surface area contributed by atoms with Crippen LogP contribution in [-0.4, -0.2) is 85.6 Å². The Hall–Kier alpha value is -1.80. The lowest BCUT2D eigenvalue weighted by Gasteiger charge is -2.43. The quantitative estimate of drug-likeness (QED) is 0.763. The molecule has 3 aliphatic rings. The molecule has 5 nitrogen and oxygen atoms in total. The number of carbonyl (C=O) groups excluding carboxylic acids is 1. The first-order chi connectivity index (χ1) is 13.9. The van der Waals surface area contributed by atoms with Gasteiger partial charge in [-0.3, -0.25) is 14.6 Å². The lowest BCUT2D eigenvalue weighted by atomic mass is 9.91. The van der Waals surface area contributed by atoms with Crippen molar-refractivity contribution in [1.29, 1.82) is 0 Å². The van der Waals surface area contributed by atoms with Crippen LogP contribution in [0.1, 0.15) is 24.8 Å². The van der Waals surface area contributed by atoms with Crippen LogP contribution in [0.3, 0.4) is 0 Å². The normalized spacial score (nSPS) is 22.6. The molecule has 160 valence electrons. The Balaban J connectivity index is 1.26. The second-order valence-electron chi connectivity index (χ2n) is 8.28. The zero-order chi connectivity index (χ0) is 20.4. The highest BCUT2D eigenvalue weighted by Gasteiger charge is 2.35. The van der Waals surface area contributed by atoms with E-state index < -0.39 is 11.7 Å². The molecule has 2 saturated heterocycles. The number of hydrogen-bond acceptors (Lipinski definition) is 4. The van der Waals surface area contributed by atoms with Gasteiger partial charge in [-0.05, 0) is 25.0 Å². The molecule has 3 fully saturated rings. The molecule has 8 heteroatoms. The third kappa shape index (κ3) is 4.69. The van der Waals surface area contributed by atoms with Crippen molar-refractivity contribution < 1.29 is 18.0 Å². The number of anilines is 1. The minimum absolute atomic E-state index is 0.141. The zero-order valence-electron chi connectivity index (χ0n) is 16.7. The maximum Gasteiger partial charge on any atom is 0.418 e. The minimum atomic E-state index is -4.36. The van der Waals surface area contributed by atoms with E-state index in [0.717, 1.165) is 38.3 Å². The second-order valence-corrected chi connectivity index (χ2v) is 8.28. The summed E-state index contributed by atoms with van der Waals surface area (Å²) in [6, 6.07) is 6.45. The molecule has 0 radical (unpaired) electrons. The van der Waals surface area contributed by atoms with Gasteiger partial charge in [0.05, 0.1) is 12.1 Å². The number of hydrogen-bond donors (Lipinski definition) is 0. The molecule has 2 aliphatic heterocycles. The number of benzene rings is 1. The summed E-state index contributed by atoms with van der Waals surface area (Å²) in [6.45, 7) is 6.03. The molecular formula is C21H29F3N4O. The van der Waals surface area contributed by atoms with Gasteiger partial charge in [0.1, 0.15) is 0 Å². The Kier molecular flexibility index (Phi) is 6.01. The molecule has 1 amide bonds. The fourth-order valence-electron chi connectivity index (χ4n) is 4.52. The molecule has 1 aromatic rings. The van der Waals surface area contributed by atoms with E-state index in [2.05, 4.69) is 9.80 Å². The molecule has 0 unspecified atom stereocenters. The van der Waals surface area contributed by atoms with Crippen molar-refractivity contribution in [2.75, 3.05) is 63.8 Å². The summed E-state index contributed by atoms with van der Waals surface area (Å²) in [5.74, 6) is 0.141. The highest BCUT2D eigenvalue weighted by molar-refractivity contribution is 5.78. The molecule has 2 heterocycles. The summed E-state index contributed by atoms with van der Waals surface area (Å²) in [6.07, 6.45) is -0.458. The van der Waals surface area contributed by atoms with Gasteiger partial charge in [0.2, 0.25) is 5.91 Å². The van der Waals surface area contributed by atoms with E-state index in [9.17, 15) is 18.0 Å². The highest BCUT2D eigenvalue weighted by Crippen LogP contribution is 2.36. The standard InChI is InChI=1S/C21H29F3N4O/c22-21(23,24)18-6-1-2-7-19(18)27-10-8-25(9-11-27)16-20(29)28-14-12-26(13-15-28)17-4-3-5-17/h1-2,6-7,17H,3-5,8-16H2. The van der Waals surface area contributed by atoms with E-state index in [1.54, 1.807) is 11.0 Å². The molecule has 4 rings (SSSR count). The van der Waals surface area contributed by atoms with Crippen molar-refractivity contribution in [1.82, 2.24) is 14.7 Å². The van der Waals surface area contributed by atoms with Crippen molar-refractivity contribution in [2.24, 2.45) is 0 Å². The van der Waals surface area contributed by atoms with E-state index >= 15 is 0 Å². The molecule has 0 spiro atoms. The second kappa shape index (κ2) is 8.52. The Labute approximate surface area is 170 Å². The summed E-state index contributed by atoms with van der Waals surface area (Å²) in [5.41, 5.74) is -0.355. The van der Waals surface area contributed by atoms with Crippen molar-refractivity contribution in [2.45, 2.75) is 31.5 Å². The van der Waals surface area contributed by atoms with Gasteiger partial charge in [0, 0.05) is 64.1 Å². The van der Waals surface area contributed by atoms with E-state index in [1.165, 1.54) is 31.4 Å². The van der Waals surface area contributed by atoms with Crippen molar-refractivity contribution in [3.63, 3.8) is 0 Å². The van der Waals surface area contributed by atoms with E-state index in [1.807, 2.05) is 4.90 Å². The van der Waals surface area contributed by atoms with E-state index in [4.69, 9.17) is 0 Å². The van der Waals surface area contributed by atoms with E-state index in [0.29, 0.717) is 32.7 Å². The number of piperazine rings is 2. The minimum Gasteiger partial charge on any atom is -0.368 e. The molecule has 0 N–H and O–H groups in total. The fourth-order valence-corrected chi connectivity index (χ4v) is 4.52. The first-order valence-corrected chi connectivity index (χ1v) is 10.6. The number of alkyl halides is 3. The Morgan fingerprint density at radius 3 is 2.17 bits per heavy atom. The third-order valence-electron chi connectivity index (χ3n) is 6.54. The Morgan fingerprint density at radius 1 is 0.931 bits per heavy atom. The maximum absolute atomic E-state index is 13.3. The van der Waals surface area contributed by atoms with Gasteiger partial charge in [0.25, 0.3) is 0 Å². The smallest absolute Gasteiger partial charge is 0.368 e. The lowest BCUT2D eigenvalue weighted by Crippen LogP contribution is -2.56. The van der Waals surface area contributed by atoms with Crippen molar-refractivity contribution in [3.8, 4) is 0 Å². The van der Waals surface area contributed by atoms with Crippen molar-refractivity contribution in [3.05, 3.63) is 29.8 Å². The predicted octanol–water partition coefficient (Wildman–Crippen LogP) is 2.52. The third-order valence-corrected chi connectivity index (χ3v) is 6.54. The Bertz CT molecular complexity index is 706. The van der Waals surface area contributed by atoms with Gasteiger partial charge in [-0.2, -0.15) is 13.2 Å². The Morgan fingerprint density at radius 2 is 1.59 bits per heavy atom. The number of halogens is 3. The first-order valence-electron chi connectivity index (χ1n) is 10.6. The van der Waals surface area contributed by atoms with Crippen LogP contribution in [0.5, 0.6) is 0 Å². The molecule has 0 atom stereocenters. The first kappa shape index (κ1) is 20.5. The number of amides is 1. The van der Waals surface area contributed by atoms with Gasteiger partial charge in [0.15, 0.2) is 0 Å². The van der Waals surface area contributed by atoms with Crippen LogP contribution in [-0.2, 0) is 11.0 Å². The van der Waals surface area contributed by atoms with E-state index in [-0.39, 0.29) is 11.6 Å². The number of nitrogens with zero attached hydrogens (tertiary/aromatic N) is 4. The largest absolute Gasteiger partial charge is 0.418 e. The van der Waals surface area contributed by atoms with Crippen LogP contribution in [0.4, 0.5) is 18.9 Å². The molecule has 1 aliphatic carbocycles. The molecule has 1 aromatic carbocycles. The predicted molar refractivity (Wildman–Crippen MR) is 106 cm³/mol. The highest BCUT2D eigenvalue weighted by atomic mass is 19.4. The van der Waals surface area contributed by atoms with Gasteiger partial charge >= 0.3 is 6.18 Å². The summed E-state index contributed by atoms with van der Waals surface area (Å²) in [4.78, 5) is 21.0. The fraction of sp³-hybridized carbons (Fsp3) is 0.667. The van der Waals surface area contributed by atoms with Crippen LogP contribution in [0.15, 0.2) is 24.3 Å². The van der Waals surface area contributed by atoms with Crippen LogP contribution in [0, 0.1) is 0 Å².